The topological polar surface area (TPSA) is 33.0 Å². The van der Waals surface area contributed by atoms with Gasteiger partial charge in [-0.3, -0.25) is 0 Å². The van der Waals surface area contributed by atoms with E-state index in [1.165, 1.54) is 5.56 Å². The monoisotopic (exact) mass is 549 g/mol. The van der Waals surface area contributed by atoms with E-state index in [2.05, 4.69) is 57.0 Å². The van der Waals surface area contributed by atoms with Crippen molar-refractivity contribution in [2.45, 2.75) is 13.5 Å². The smallest absolute Gasteiger partial charge is 0.148 e. The maximum Gasteiger partial charge on any atom is 0.148 e. The fourth-order valence-corrected chi connectivity index (χ4v) is 4.65. The van der Waals surface area contributed by atoms with Gasteiger partial charge in [0.05, 0.1) is 25.6 Å². The molecule has 0 aromatic heterocycles. The molecule has 6 heteroatoms. The van der Waals surface area contributed by atoms with Gasteiger partial charge in [-0.1, -0.05) is 59.1 Å². The zero-order chi connectivity index (χ0) is 21.0. The van der Waals surface area contributed by atoms with Crippen molar-refractivity contribution >= 4 is 66.7 Å². The van der Waals surface area contributed by atoms with Crippen LogP contribution in [-0.4, -0.2) is 0 Å². The van der Waals surface area contributed by atoms with Gasteiger partial charge >= 0.3 is 0 Å². The minimum Gasteiger partial charge on any atom is -0.487 e. The van der Waals surface area contributed by atoms with Crippen LogP contribution in [0.2, 0.25) is 10.0 Å². The fourth-order valence-electron chi connectivity index (χ4n) is 2.69. The highest BCUT2D eigenvalue weighted by molar-refractivity contribution is 9.11. The van der Waals surface area contributed by atoms with Crippen LogP contribution in [0.4, 0.5) is 0 Å². The molecule has 146 valence electrons. The molecular weight excluding hydrogens is 537 g/mol. The summed E-state index contributed by atoms with van der Waals surface area (Å²) in [6, 6.07) is 19.3. The number of halogens is 4. The van der Waals surface area contributed by atoms with Gasteiger partial charge in [-0.15, -0.1) is 0 Å². The Morgan fingerprint density at radius 3 is 2.28 bits per heavy atom. The number of nitrogens with zero attached hydrogens (tertiary/aromatic N) is 1. The normalized spacial score (nSPS) is 11.2. The first-order chi connectivity index (χ1) is 13.9. The molecule has 0 fully saturated rings. The van der Waals surface area contributed by atoms with E-state index in [0.29, 0.717) is 33.5 Å². The minimum absolute atomic E-state index is 0.432. The van der Waals surface area contributed by atoms with Crippen LogP contribution >= 0.6 is 55.1 Å². The highest BCUT2D eigenvalue weighted by atomic mass is 79.9. The third kappa shape index (κ3) is 5.65. The molecule has 3 aromatic rings. The van der Waals surface area contributed by atoms with E-state index in [1.54, 1.807) is 24.3 Å². The zero-order valence-electron chi connectivity index (χ0n) is 15.3. The van der Waals surface area contributed by atoms with Gasteiger partial charge in [-0.05, 0) is 80.3 Å². The third-order valence-corrected chi connectivity index (χ3v) is 5.90. The Morgan fingerprint density at radius 1 is 1.03 bits per heavy atom. The summed E-state index contributed by atoms with van der Waals surface area (Å²) < 4.78 is 7.55. The molecule has 0 aliphatic heterocycles. The third-order valence-electron chi connectivity index (χ3n) is 4.18. The summed E-state index contributed by atoms with van der Waals surface area (Å²) in [5.41, 5.74) is 4.20. The second kappa shape index (κ2) is 9.82. The molecule has 0 saturated carbocycles. The summed E-state index contributed by atoms with van der Waals surface area (Å²) in [6.45, 7) is 2.51. The lowest BCUT2D eigenvalue weighted by molar-refractivity contribution is 0.302. The van der Waals surface area contributed by atoms with Crippen molar-refractivity contribution in [3.8, 4) is 11.8 Å². The Bertz CT molecular complexity index is 1100. The average Bonchev–Trinajstić information content (AvgIpc) is 2.67. The molecule has 29 heavy (non-hydrogen) atoms. The molecule has 0 radical (unpaired) electrons. The standard InChI is InChI=1S/C23H15Br2Cl2NO/c1-14-2-4-15(5-3-14)13-29-23-20(24)9-16(10-21(23)25)8-17(12-28)19-7-6-18(26)11-22(19)27/h2-11H,13H2,1H3/b17-8+. The van der Waals surface area contributed by atoms with Gasteiger partial charge in [0.1, 0.15) is 12.4 Å². The molecule has 0 aliphatic rings. The number of ether oxygens (including phenoxy) is 1. The second-order valence-electron chi connectivity index (χ2n) is 6.38. The number of nitriles is 1. The summed E-state index contributed by atoms with van der Waals surface area (Å²) in [5, 5.41) is 10.6. The van der Waals surface area contributed by atoms with Crippen LogP contribution in [0.5, 0.6) is 5.75 Å². The fraction of sp³-hybridized carbons (Fsp3) is 0.0870. The summed E-state index contributed by atoms with van der Waals surface area (Å²) in [7, 11) is 0. The molecule has 2 nitrogen and oxygen atoms in total. The maximum atomic E-state index is 9.60. The predicted octanol–water partition coefficient (Wildman–Crippen LogP) is 8.47. The highest BCUT2D eigenvalue weighted by Gasteiger charge is 2.11. The Morgan fingerprint density at radius 2 is 1.69 bits per heavy atom. The molecule has 0 aliphatic carbocycles. The van der Waals surface area contributed by atoms with E-state index >= 15 is 0 Å². The molecule has 3 rings (SSSR count). The number of allylic oxidation sites excluding steroid dienone is 1. The summed E-state index contributed by atoms with van der Waals surface area (Å²) in [4.78, 5) is 0. The molecular formula is C23H15Br2Cl2NO. The van der Waals surface area contributed by atoms with E-state index in [1.807, 2.05) is 24.3 Å². The Hall–Kier alpha value is -1.77. The van der Waals surface area contributed by atoms with Gasteiger partial charge in [0, 0.05) is 10.6 Å². The molecule has 0 N–H and O–H groups in total. The Balaban J connectivity index is 1.86. The summed E-state index contributed by atoms with van der Waals surface area (Å²) in [6.07, 6.45) is 1.77. The Kier molecular flexibility index (Phi) is 7.43. The van der Waals surface area contributed by atoms with Gasteiger partial charge in [0.15, 0.2) is 0 Å². The first-order valence-corrected chi connectivity index (χ1v) is 11.0. The van der Waals surface area contributed by atoms with Gasteiger partial charge in [0.2, 0.25) is 0 Å². The summed E-state index contributed by atoms with van der Waals surface area (Å²) in [5.74, 6) is 0.700. The van der Waals surface area contributed by atoms with Crippen LogP contribution in [-0.2, 0) is 6.61 Å². The van der Waals surface area contributed by atoms with Crippen LogP contribution in [0.25, 0.3) is 11.6 Å². The van der Waals surface area contributed by atoms with Crippen LogP contribution < -0.4 is 4.74 Å². The first kappa shape index (κ1) is 21.9. The van der Waals surface area contributed by atoms with E-state index in [9.17, 15) is 5.26 Å². The molecule has 0 spiro atoms. The predicted molar refractivity (Wildman–Crippen MR) is 127 cm³/mol. The summed E-state index contributed by atoms with van der Waals surface area (Å²) >= 11 is 19.3. The highest BCUT2D eigenvalue weighted by Crippen LogP contribution is 2.37. The Labute approximate surface area is 197 Å². The molecule has 0 saturated heterocycles. The number of hydrogen-bond acceptors (Lipinski definition) is 2. The van der Waals surface area contributed by atoms with Gasteiger partial charge in [0.25, 0.3) is 0 Å². The van der Waals surface area contributed by atoms with Crippen molar-refractivity contribution in [2.24, 2.45) is 0 Å². The number of aryl methyl sites for hydroxylation is 1. The minimum atomic E-state index is 0.432. The lowest BCUT2D eigenvalue weighted by atomic mass is 10.0. The molecule has 0 heterocycles. The number of benzene rings is 3. The van der Waals surface area contributed by atoms with Crippen LogP contribution in [0.15, 0.2) is 63.5 Å². The van der Waals surface area contributed by atoms with Crippen molar-refractivity contribution in [2.75, 3.05) is 0 Å². The van der Waals surface area contributed by atoms with Gasteiger partial charge in [-0.25, -0.2) is 0 Å². The van der Waals surface area contributed by atoms with E-state index in [-0.39, 0.29) is 0 Å². The van der Waals surface area contributed by atoms with Crippen molar-refractivity contribution in [3.05, 3.63) is 95.8 Å². The van der Waals surface area contributed by atoms with E-state index < -0.39 is 0 Å². The van der Waals surface area contributed by atoms with Crippen molar-refractivity contribution in [1.29, 1.82) is 5.26 Å². The average molecular weight is 552 g/mol. The first-order valence-electron chi connectivity index (χ1n) is 8.62. The number of rotatable bonds is 5. The zero-order valence-corrected chi connectivity index (χ0v) is 20.0. The van der Waals surface area contributed by atoms with E-state index in [4.69, 9.17) is 27.9 Å². The van der Waals surface area contributed by atoms with Crippen molar-refractivity contribution in [1.82, 2.24) is 0 Å². The quantitative estimate of drug-likeness (QED) is 0.235. The second-order valence-corrected chi connectivity index (χ2v) is 8.93. The number of hydrogen-bond donors (Lipinski definition) is 0. The van der Waals surface area contributed by atoms with Crippen molar-refractivity contribution < 1.29 is 4.74 Å². The van der Waals surface area contributed by atoms with Gasteiger partial charge < -0.3 is 4.74 Å². The lowest BCUT2D eigenvalue weighted by Crippen LogP contribution is -1.97. The largest absolute Gasteiger partial charge is 0.487 e. The lowest BCUT2D eigenvalue weighted by Gasteiger charge is -2.12. The molecule has 3 aromatic carbocycles. The molecule has 0 bridgehead atoms. The maximum absolute atomic E-state index is 9.60. The molecule has 0 unspecified atom stereocenters. The van der Waals surface area contributed by atoms with Crippen LogP contribution in [0.1, 0.15) is 22.3 Å². The SMILES string of the molecule is Cc1ccc(COc2c(Br)cc(/C=C(\C#N)c3ccc(Cl)cc3Cl)cc2Br)cc1. The van der Waals surface area contributed by atoms with Crippen molar-refractivity contribution in [3.63, 3.8) is 0 Å². The van der Waals surface area contributed by atoms with E-state index in [0.717, 1.165) is 20.1 Å². The molecule has 0 atom stereocenters. The van der Waals surface area contributed by atoms with Crippen LogP contribution in [0, 0.1) is 18.3 Å². The molecule has 0 amide bonds. The van der Waals surface area contributed by atoms with Gasteiger partial charge in [-0.2, -0.15) is 5.26 Å². The van der Waals surface area contributed by atoms with Crippen LogP contribution in [0.3, 0.4) is 0 Å².